The van der Waals surface area contributed by atoms with E-state index in [9.17, 15) is 5.11 Å². The maximum absolute atomic E-state index is 10.3. The Morgan fingerprint density at radius 3 is 2.58 bits per heavy atom. The Bertz CT molecular complexity index is 661. The van der Waals surface area contributed by atoms with Crippen molar-refractivity contribution in [2.24, 2.45) is 0 Å². The summed E-state index contributed by atoms with van der Waals surface area (Å²) in [6, 6.07) is 3.62. The van der Waals surface area contributed by atoms with Crippen LogP contribution in [0.25, 0.3) is 21.9 Å². The first kappa shape index (κ1) is 12.1. The zero-order chi connectivity index (χ0) is 13.4. The predicted molar refractivity (Wildman–Crippen MR) is 71.4 cm³/mol. The fourth-order valence-electron chi connectivity index (χ4n) is 2.47. The molecule has 1 aromatic carbocycles. The summed E-state index contributed by atoms with van der Waals surface area (Å²) in [7, 11) is 3.38. The van der Waals surface area contributed by atoms with Gasteiger partial charge in [-0.2, -0.15) is 0 Å². The second-order valence-electron chi connectivity index (χ2n) is 4.35. The Morgan fingerprint density at radius 1 is 1.21 bits per heavy atom. The lowest BCUT2D eigenvalue weighted by atomic mass is 10.0. The molecule has 3 aromatic rings. The first-order valence-corrected chi connectivity index (χ1v) is 6.04. The highest BCUT2D eigenvalue weighted by atomic mass is 16.5. The average Bonchev–Trinajstić information content (AvgIpc) is 3.03. The molecule has 0 radical (unpaired) electrons. The average molecular weight is 261 g/mol. The zero-order valence-electron chi connectivity index (χ0n) is 10.8. The molecule has 0 amide bonds. The molecule has 0 fully saturated rings. The third kappa shape index (κ3) is 1.70. The van der Waals surface area contributed by atoms with E-state index in [2.05, 4.69) is 5.32 Å². The maximum Gasteiger partial charge on any atom is 0.176 e. The number of hydrogen-bond donors (Lipinski definition) is 2. The van der Waals surface area contributed by atoms with Crippen molar-refractivity contribution in [2.75, 3.05) is 20.7 Å². The molecule has 5 heteroatoms. The van der Waals surface area contributed by atoms with Crippen LogP contribution in [0, 0.1) is 0 Å². The molecule has 0 spiro atoms. The van der Waals surface area contributed by atoms with Crippen molar-refractivity contribution in [3.63, 3.8) is 0 Å². The van der Waals surface area contributed by atoms with E-state index < -0.39 is 6.10 Å². The molecule has 0 aliphatic carbocycles. The number of aliphatic hydroxyl groups is 1. The van der Waals surface area contributed by atoms with Gasteiger partial charge in [0.2, 0.25) is 0 Å². The van der Waals surface area contributed by atoms with E-state index in [0.29, 0.717) is 23.5 Å². The van der Waals surface area contributed by atoms with Crippen LogP contribution in [0.5, 0.6) is 5.75 Å². The van der Waals surface area contributed by atoms with E-state index in [1.54, 1.807) is 26.7 Å². The summed E-state index contributed by atoms with van der Waals surface area (Å²) in [4.78, 5) is 0. The number of aliphatic hydroxyl groups excluding tert-OH is 1. The largest absolute Gasteiger partial charge is 0.492 e. The first-order valence-electron chi connectivity index (χ1n) is 6.04. The normalized spacial score (nSPS) is 13.2. The van der Waals surface area contributed by atoms with E-state index in [-0.39, 0.29) is 0 Å². The second kappa shape index (κ2) is 4.60. The van der Waals surface area contributed by atoms with Gasteiger partial charge in [0.1, 0.15) is 5.58 Å². The van der Waals surface area contributed by atoms with Crippen molar-refractivity contribution in [2.45, 2.75) is 6.10 Å². The van der Waals surface area contributed by atoms with Crippen LogP contribution in [-0.2, 0) is 0 Å². The van der Waals surface area contributed by atoms with Gasteiger partial charge in [-0.15, -0.1) is 0 Å². The number of rotatable bonds is 4. The number of nitrogens with one attached hydrogen (secondary N) is 1. The van der Waals surface area contributed by atoms with E-state index in [4.69, 9.17) is 13.6 Å². The molecule has 5 nitrogen and oxygen atoms in total. The van der Waals surface area contributed by atoms with Gasteiger partial charge in [-0.1, -0.05) is 0 Å². The minimum Gasteiger partial charge on any atom is -0.492 e. The smallest absolute Gasteiger partial charge is 0.176 e. The highest BCUT2D eigenvalue weighted by Crippen LogP contribution is 2.41. The summed E-state index contributed by atoms with van der Waals surface area (Å²) in [5.41, 5.74) is 1.98. The summed E-state index contributed by atoms with van der Waals surface area (Å²) in [6.45, 7) is 0.433. The predicted octanol–water partition coefficient (Wildman–Crippen LogP) is 2.44. The molecule has 2 N–H and O–H groups in total. The number of ether oxygens (including phenoxy) is 1. The quantitative estimate of drug-likeness (QED) is 0.755. The Morgan fingerprint density at radius 2 is 1.89 bits per heavy atom. The molecule has 100 valence electrons. The van der Waals surface area contributed by atoms with Crippen molar-refractivity contribution in [3.05, 3.63) is 30.2 Å². The number of fused-ring (bicyclic) bond motifs is 2. The number of furan rings is 2. The molecule has 2 aromatic heterocycles. The minimum atomic E-state index is -0.676. The highest BCUT2D eigenvalue weighted by Gasteiger charge is 2.23. The van der Waals surface area contributed by atoms with Crippen molar-refractivity contribution in [1.29, 1.82) is 0 Å². The summed E-state index contributed by atoms with van der Waals surface area (Å²) >= 11 is 0. The summed E-state index contributed by atoms with van der Waals surface area (Å²) in [6.07, 6.45) is 2.49. The SMILES string of the molecule is CNCC(O)c1c2ccoc2c(OC)c2ccoc12. The summed E-state index contributed by atoms with van der Waals surface area (Å²) < 4.78 is 16.4. The molecule has 0 bridgehead atoms. The van der Waals surface area contributed by atoms with Crippen molar-refractivity contribution >= 4 is 21.9 Å². The second-order valence-corrected chi connectivity index (χ2v) is 4.35. The lowest BCUT2D eigenvalue weighted by molar-refractivity contribution is 0.179. The molecule has 0 saturated carbocycles. The summed E-state index contributed by atoms with van der Waals surface area (Å²) in [5, 5.41) is 14.9. The van der Waals surface area contributed by atoms with Crippen molar-refractivity contribution in [3.8, 4) is 5.75 Å². The van der Waals surface area contributed by atoms with Gasteiger partial charge in [-0.05, 0) is 19.2 Å². The van der Waals surface area contributed by atoms with Gasteiger partial charge in [0.15, 0.2) is 11.3 Å². The third-order valence-electron chi connectivity index (χ3n) is 3.25. The molecule has 0 aliphatic heterocycles. The molecule has 2 heterocycles. The van der Waals surface area contributed by atoms with Gasteiger partial charge in [-0.3, -0.25) is 0 Å². The Hall–Kier alpha value is -1.98. The van der Waals surface area contributed by atoms with E-state index in [1.165, 1.54) is 0 Å². The van der Waals surface area contributed by atoms with Gasteiger partial charge in [0.05, 0.1) is 31.1 Å². The lowest BCUT2D eigenvalue weighted by Crippen LogP contribution is -2.17. The minimum absolute atomic E-state index is 0.433. The Balaban J connectivity index is 2.39. The third-order valence-corrected chi connectivity index (χ3v) is 3.25. The van der Waals surface area contributed by atoms with Crippen LogP contribution in [0.15, 0.2) is 33.5 Å². The number of likely N-dealkylation sites (N-methyl/N-ethyl adjacent to an activating group) is 1. The zero-order valence-corrected chi connectivity index (χ0v) is 10.8. The standard InChI is InChI=1S/C14H15NO4/c1-15-7-10(16)11-8-3-5-19-14(8)13(17-2)9-4-6-18-12(9)11/h3-6,10,15-16H,7H2,1-2H3. The van der Waals surface area contributed by atoms with Crippen LogP contribution < -0.4 is 10.1 Å². The van der Waals surface area contributed by atoms with E-state index >= 15 is 0 Å². The molecule has 0 saturated heterocycles. The molecule has 3 rings (SSSR count). The van der Waals surface area contributed by atoms with Gasteiger partial charge >= 0.3 is 0 Å². The monoisotopic (exact) mass is 261 g/mol. The number of hydrogen-bond acceptors (Lipinski definition) is 5. The van der Waals surface area contributed by atoms with E-state index in [0.717, 1.165) is 16.3 Å². The maximum atomic E-state index is 10.3. The summed E-state index contributed by atoms with van der Waals surface area (Å²) in [5.74, 6) is 0.629. The van der Waals surface area contributed by atoms with Crippen LogP contribution in [0.2, 0.25) is 0 Å². The fourth-order valence-corrected chi connectivity index (χ4v) is 2.47. The van der Waals surface area contributed by atoms with Crippen LogP contribution in [0.3, 0.4) is 0 Å². The Labute approximate surface area is 109 Å². The molecular formula is C14H15NO4. The molecule has 19 heavy (non-hydrogen) atoms. The molecule has 1 atom stereocenters. The van der Waals surface area contributed by atoms with Crippen LogP contribution in [0.1, 0.15) is 11.7 Å². The lowest BCUT2D eigenvalue weighted by Gasteiger charge is -2.13. The van der Waals surface area contributed by atoms with E-state index in [1.807, 2.05) is 12.1 Å². The van der Waals surface area contributed by atoms with Crippen LogP contribution in [-0.4, -0.2) is 25.8 Å². The van der Waals surface area contributed by atoms with Crippen molar-refractivity contribution in [1.82, 2.24) is 5.32 Å². The first-order chi connectivity index (χ1) is 9.27. The van der Waals surface area contributed by atoms with Crippen molar-refractivity contribution < 1.29 is 18.7 Å². The molecule has 0 aliphatic rings. The molecule has 1 unspecified atom stereocenters. The van der Waals surface area contributed by atoms with Gasteiger partial charge in [0.25, 0.3) is 0 Å². The fraction of sp³-hybridized carbons (Fsp3) is 0.286. The van der Waals surface area contributed by atoms with Gasteiger partial charge < -0.3 is 24.0 Å². The van der Waals surface area contributed by atoms with Crippen LogP contribution >= 0.6 is 0 Å². The number of benzene rings is 1. The Kier molecular flexibility index (Phi) is 2.93. The van der Waals surface area contributed by atoms with Crippen LogP contribution in [0.4, 0.5) is 0 Å². The highest BCUT2D eigenvalue weighted by molar-refractivity contribution is 6.04. The van der Waals surface area contributed by atoms with Gasteiger partial charge in [-0.25, -0.2) is 0 Å². The molecular weight excluding hydrogens is 246 g/mol. The number of methoxy groups -OCH3 is 1. The topological polar surface area (TPSA) is 67.8 Å². The van der Waals surface area contributed by atoms with Gasteiger partial charge in [0, 0.05) is 17.5 Å².